The fourth-order valence-electron chi connectivity index (χ4n) is 4.11. The normalized spacial score (nSPS) is 11.1. The van der Waals surface area contributed by atoms with Crippen LogP contribution in [0.5, 0.6) is 5.75 Å². The summed E-state index contributed by atoms with van der Waals surface area (Å²) in [7, 11) is 1.65. The van der Waals surface area contributed by atoms with Gasteiger partial charge in [-0.1, -0.05) is 36.4 Å². The molecule has 0 aliphatic heterocycles. The number of ether oxygens (including phenoxy) is 1. The van der Waals surface area contributed by atoms with Crippen LogP contribution in [0.3, 0.4) is 0 Å². The molecular formula is C28H20N4O3. The zero-order valence-corrected chi connectivity index (χ0v) is 18.8. The summed E-state index contributed by atoms with van der Waals surface area (Å²) in [6.45, 7) is 0. The van der Waals surface area contributed by atoms with Crippen LogP contribution >= 0.6 is 0 Å². The maximum atomic E-state index is 13.4. The van der Waals surface area contributed by atoms with E-state index in [4.69, 9.17) is 14.1 Å². The predicted octanol–water partition coefficient (Wildman–Crippen LogP) is 5.90. The van der Waals surface area contributed by atoms with E-state index in [2.05, 4.69) is 10.5 Å². The van der Waals surface area contributed by atoms with E-state index in [1.165, 1.54) is 4.79 Å². The molecule has 6 rings (SSSR count). The van der Waals surface area contributed by atoms with E-state index >= 15 is 0 Å². The summed E-state index contributed by atoms with van der Waals surface area (Å²) in [4.78, 5) is 19.7. The number of aromatic nitrogens is 3. The molecule has 0 radical (unpaired) electrons. The molecule has 0 spiro atoms. The molecule has 0 saturated heterocycles. The Morgan fingerprint density at radius 2 is 1.77 bits per heavy atom. The van der Waals surface area contributed by atoms with E-state index in [0.29, 0.717) is 22.7 Å². The smallest absolute Gasteiger partial charge is 0.273 e. The van der Waals surface area contributed by atoms with Crippen LogP contribution in [-0.4, -0.2) is 27.9 Å². The van der Waals surface area contributed by atoms with Gasteiger partial charge in [0.25, 0.3) is 5.91 Å². The van der Waals surface area contributed by atoms with Gasteiger partial charge in [-0.2, -0.15) is 4.79 Å². The number of nitrogens with zero attached hydrogens (tertiary/aromatic N) is 3. The quantitative estimate of drug-likeness (QED) is 0.346. The zero-order valence-electron chi connectivity index (χ0n) is 18.8. The SMILES string of the molecule is COc1ccc2cc(-c3nc4ccccc4cc3C(=O)Nn3ccc(-c4ccco4)n3)ccc2c1. The highest BCUT2D eigenvalue weighted by molar-refractivity contribution is 6.07. The van der Waals surface area contributed by atoms with E-state index in [9.17, 15) is 4.79 Å². The second-order valence-electron chi connectivity index (χ2n) is 8.07. The fraction of sp³-hybridized carbons (Fsp3) is 0.0357. The molecule has 35 heavy (non-hydrogen) atoms. The summed E-state index contributed by atoms with van der Waals surface area (Å²) in [5.74, 6) is 1.10. The fourth-order valence-corrected chi connectivity index (χ4v) is 4.11. The topological polar surface area (TPSA) is 82.2 Å². The number of rotatable bonds is 5. The van der Waals surface area contributed by atoms with E-state index < -0.39 is 0 Å². The molecule has 170 valence electrons. The minimum atomic E-state index is -0.317. The Hall–Kier alpha value is -4.91. The number of methoxy groups -OCH3 is 1. The highest BCUT2D eigenvalue weighted by Gasteiger charge is 2.18. The number of benzene rings is 3. The summed E-state index contributed by atoms with van der Waals surface area (Å²) in [6.07, 6.45) is 3.26. The monoisotopic (exact) mass is 460 g/mol. The minimum absolute atomic E-state index is 0.317. The number of pyridine rings is 1. The molecule has 0 fully saturated rings. The third kappa shape index (κ3) is 3.89. The summed E-state index contributed by atoms with van der Waals surface area (Å²) in [5.41, 5.74) is 6.16. The van der Waals surface area contributed by atoms with Gasteiger partial charge in [-0.05, 0) is 59.3 Å². The number of carbonyl (C=O) groups is 1. The second-order valence-corrected chi connectivity index (χ2v) is 8.07. The predicted molar refractivity (Wildman–Crippen MR) is 135 cm³/mol. The molecule has 7 nitrogen and oxygen atoms in total. The van der Waals surface area contributed by atoms with E-state index in [1.807, 2.05) is 72.8 Å². The number of hydrogen-bond acceptors (Lipinski definition) is 5. The Labute approximate surface area is 200 Å². The van der Waals surface area contributed by atoms with Gasteiger partial charge in [0.15, 0.2) is 5.76 Å². The van der Waals surface area contributed by atoms with Gasteiger partial charge in [-0.25, -0.2) is 10.4 Å². The largest absolute Gasteiger partial charge is 0.497 e. The summed E-state index contributed by atoms with van der Waals surface area (Å²) < 4.78 is 10.7. The van der Waals surface area contributed by atoms with Crippen LogP contribution in [-0.2, 0) is 0 Å². The molecule has 0 saturated carbocycles. The van der Waals surface area contributed by atoms with E-state index in [0.717, 1.165) is 33.0 Å². The summed E-state index contributed by atoms with van der Waals surface area (Å²) >= 11 is 0. The average molecular weight is 460 g/mol. The number of carbonyl (C=O) groups excluding carboxylic acids is 1. The molecule has 3 aromatic carbocycles. The van der Waals surface area contributed by atoms with Crippen LogP contribution in [0.25, 0.3) is 44.4 Å². The average Bonchev–Trinajstić information content (AvgIpc) is 3.59. The molecular weight excluding hydrogens is 440 g/mol. The van der Waals surface area contributed by atoms with Gasteiger partial charge in [0.1, 0.15) is 11.4 Å². The highest BCUT2D eigenvalue weighted by atomic mass is 16.5. The molecule has 0 atom stereocenters. The van der Waals surface area contributed by atoms with Crippen molar-refractivity contribution >= 4 is 27.6 Å². The maximum Gasteiger partial charge on any atom is 0.273 e. The number of nitrogens with one attached hydrogen (secondary N) is 1. The van der Waals surface area contributed by atoms with Crippen molar-refractivity contribution in [2.75, 3.05) is 12.5 Å². The lowest BCUT2D eigenvalue weighted by atomic mass is 9.99. The van der Waals surface area contributed by atoms with Crippen molar-refractivity contribution < 1.29 is 13.9 Å². The number of furan rings is 1. The van der Waals surface area contributed by atoms with Crippen LogP contribution < -0.4 is 10.2 Å². The summed E-state index contributed by atoms with van der Waals surface area (Å²) in [5, 5.41) is 7.35. The van der Waals surface area contributed by atoms with Gasteiger partial charge in [-0.3, -0.25) is 4.79 Å². The molecule has 3 aromatic heterocycles. The molecule has 1 amide bonds. The first-order valence-electron chi connectivity index (χ1n) is 11.1. The Kier molecular flexibility index (Phi) is 5.00. The third-order valence-corrected chi connectivity index (χ3v) is 5.87. The van der Waals surface area contributed by atoms with Gasteiger partial charge in [0, 0.05) is 17.1 Å². The van der Waals surface area contributed by atoms with Gasteiger partial charge < -0.3 is 9.15 Å². The molecule has 0 aliphatic carbocycles. The van der Waals surface area contributed by atoms with Crippen LogP contribution in [0, 0.1) is 0 Å². The Balaban J connectivity index is 1.42. The maximum absolute atomic E-state index is 13.4. The third-order valence-electron chi connectivity index (χ3n) is 5.87. The number of para-hydroxylation sites is 1. The van der Waals surface area contributed by atoms with Gasteiger partial charge in [0.2, 0.25) is 0 Å². The van der Waals surface area contributed by atoms with E-state index in [-0.39, 0.29) is 5.91 Å². The number of hydrogen-bond donors (Lipinski definition) is 1. The first kappa shape index (κ1) is 20.7. The molecule has 6 aromatic rings. The lowest BCUT2D eigenvalue weighted by Crippen LogP contribution is -2.24. The molecule has 0 aliphatic rings. The highest BCUT2D eigenvalue weighted by Crippen LogP contribution is 2.30. The molecule has 7 heteroatoms. The van der Waals surface area contributed by atoms with Crippen LogP contribution in [0.4, 0.5) is 0 Å². The minimum Gasteiger partial charge on any atom is -0.497 e. The van der Waals surface area contributed by atoms with Crippen molar-refractivity contribution in [1.29, 1.82) is 0 Å². The number of fused-ring (bicyclic) bond motifs is 2. The molecule has 0 unspecified atom stereocenters. The lowest BCUT2D eigenvalue weighted by Gasteiger charge is -2.12. The van der Waals surface area contributed by atoms with Crippen LogP contribution in [0.1, 0.15) is 10.4 Å². The summed E-state index contributed by atoms with van der Waals surface area (Å²) in [6, 6.07) is 26.9. The van der Waals surface area contributed by atoms with Crippen molar-refractivity contribution in [1.82, 2.24) is 14.9 Å². The number of amides is 1. The van der Waals surface area contributed by atoms with E-state index in [1.54, 1.807) is 31.7 Å². The molecule has 3 heterocycles. The second kappa shape index (κ2) is 8.46. The molecule has 0 bridgehead atoms. The Bertz CT molecular complexity index is 1690. The van der Waals surface area contributed by atoms with Crippen molar-refractivity contribution in [2.24, 2.45) is 0 Å². The Morgan fingerprint density at radius 1 is 0.914 bits per heavy atom. The van der Waals surface area contributed by atoms with Gasteiger partial charge >= 0.3 is 0 Å². The van der Waals surface area contributed by atoms with Crippen molar-refractivity contribution in [3.05, 3.63) is 103 Å². The van der Waals surface area contributed by atoms with Crippen molar-refractivity contribution in [2.45, 2.75) is 0 Å². The van der Waals surface area contributed by atoms with Crippen LogP contribution in [0.2, 0.25) is 0 Å². The first-order valence-corrected chi connectivity index (χ1v) is 11.1. The standard InChI is InChI=1S/C28H20N4O3/c1-34-22-11-10-18-15-21(9-8-19(18)16-22)27-23(17-20-5-2-3-6-24(20)29-27)28(33)31-32-13-12-25(30-32)26-7-4-14-35-26/h2-17H,1H3,(H,31,33). The molecule has 1 N–H and O–H groups in total. The Morgan fingerprint density at radius 3 is 2.63 bits per heavy atom. The first-order chi connectivity index (χ1) is 17.2. The van der Waals surface area contributed by atoms with Crippen molar-refractivity contribution in [3.63, 3.8) is 0 Å². The van der Waals surface area contributed by atoms with Gasteiger partial charge in [0.05, 0.1) is 30.1 Å². The van der Waals surface area contributed by atoms with Crippen molar-refractivity contribution in [3.8, 4) is 28.5 Å². The van der Waals surface area contributed by atoms with Crippen LogP contribution in [0.15, 0.2) is 102 Å². The zero-order chi connectivity index (χ0) is 23.8. The van der Waals surface area contributed by atoms with Gasteiger partial charge in [-0.15, -0.1) is 5.10 Å². The lowest BCUT2D eigenvalue weighted by molar-refractivity contribution is 0.101.